The average Bonchev–Trinajstić information content (AvgIpc) is 2.70. The van der Waals surface area contributed by atoms with Crippen molar-refractivity contribution in [3.05, 3.63) is 82.6 Å². The molecule has 0 aliphatic rings. The number of benzene rings is 2. The minimum Gasteiger partial charge on any atom is -0.457 e. The second kappa shape index (κ2) is 9.73. The molecule has 0 aliphatic carbocycles. The summed E-state index contributed by atoms with van der Waals surface area (Å²) in [4.78, 5) is 15.7. The van der Waals surface area contributed by atoms with Crippen molar-refractivity contribution in [2.24, 2.45) is 5.10 Å². The van der Waals surface area contributed by atoms with Gasteiger partial charge in [-0.05, 0) is 36.4 Å². The third-order valence-corrected chi connectivity index (χ3v) is 4.16. The van der Waals surface area contributed by atoms with E-state index in [2.05, 4.69) is 20.8 Å². The zero-order valence-electron chi connectivity index (χ0n) is 14.6. The fourth-order valence-electron chi connectivity index (χ4n) is 2.20. The van der Waals surface area contributed by atoms with E-state index in [-0.39, 0.29) is 12.5 Å². The topological polar surface area (TPSA) is 75.6 Å². The number of hydrogen-bond donors (Lipinski definition) is 2. The standard InChI is InChI=1S/C20H16Cl2N4O2/c21-18-11-23-12-19(22)17(18)10-25-26-20(27)13-24-14-6-8-16(9-7-14)28-15-4-2-1-3-5-15/h1-12,24H,13H2,(H,26,27). The van der Waals surface area contributed by atoms with E-state index >= 15 is 0 Å². The Labute approximate surface area is 172 Å². The Morgan fingerprint density at radius 1 is 1.00 bits per heavy atom. The molecule has 0 unspecified atom stereocenters. The van der Waals surface area contributed by atoms with E-state index in [1.54, 1.807) is 0 Å². The number of nitrogens with one attached hydrogen (secondary N) is 2. The van der Waals surface area contributed by atoms with Crippen LogP contribution < -0.4 is 15.5 Å². The third kappa shape index (κ3) is 5.70. The van der Waals surface area contributed by atoms with Gasteiger partial charge >= 0.3 is 0 Å². The van der Waals surface area contributed by atoms with Gasteiger partial charge in [0.05, 0.1) is 22.8 Å². The van der Waals surface area contributed by atoms with Crippen molar-refractivity contribution < 1.29 is 9.53 Å². The lowest BCUT2D eigenvalue weighted by atomic mass is 10.3. The number of rotatable bonds is 7. The highest BCUT2D eigenvalue weighted by Gasteiger charge is 2.04. The summed E-state index contributed by atoms with van der Waals surface area (Å²) < 4.78 is 5.72. The zero-order valence-corrected chi connectivity index (χ0v) is 16.1. The van der Waals surface area contributed by atoms with Gasteiger partial charge in [-0.2, -0.15) is 5.10 Å². The first-order valence-corrected chi connectivity index (χ1v) is 9.05. The number of amides is 1. The van der Waals surface area contributed by atoms with Gasteiger partial charge in [-0.3, -0.25) is 9.78 Å². The molecule has 3 rings (SSSR count). The molecule has 0 spiro atoms. The van der Waals surface area contributed by atoms with Gasteiger partial charge in [0.25, 0.3) is 5.91 Å². The number of anilines is 1. The van der Waals surface area contributed by atoms with Crippen molar-refractivity contribution in [3.8, 4) is 11.5 Å². The van der Waals surface area contributed by atoms with Crippen LogP contribution in [0.4, 0.5) is 5.69 Å². The minimum atomic E-state index is -0.317. The summed E-state index contributed by atoms with van der Waals surface area (Å²) in [5, 5.41) is 7.56. The van der Waals surface area contributed by atoms with E-state index in [1.165, 1.54) is 18.6 Å². The molecule has 0 saturated carbocycles. The Morgan fingerprint density at radius 3 is 2.32 bits per heavy atom. The van der Waals surface area contributed by atoms with Crippen LogP contribution in [0.3, 0.4) is 0 Å². The number of carbonyl (C=O) groups excluding carboxylic acids is 1. The van der Waals surface area contributed by atoms with E-state index in [1.807, 2.05) is 54.6 Å². The van der Waals surface area contributed by atoms with Crippen LogP contribution in [0.25, 0.3) is 0 Å². The summed E-state index contributed by atoms with van der Waals surface area (Å²) in [5.41, 5.74) is 3.67. The fourth-order valence-corrected chi connectivity index (χ4v) is 2.66. The maximum atomic E-state index is 11.9. The van der Waals surface area contributed by atoms with Crippen molar-refractivity contribution in [1.82, 2.24) is 10.4 Å². The number of aromatic nitrogens is 1. The normalized spacial score (nSPS) is 10.6. The average molecular weight is 415 g/mol. The van der Waals surface area contributed by atoms with Crippen molar-refractivity contribution >= 4 is 41.0 Å². The molecule has 28 heavy (non-hydrogen) atoms. The summed E-state index contributed by atoms with van der Waals surface area (Å²) in [5.74, 6) is 1.15. The van der Waals surface area contributed by atoms with Crippen LogP contribution >= 0.6 is 23.2 Å². The van der Waals surface area contributed by atoms with Gasteiger partial charge in [0.15, 0.2) is 0 Å². The SMILES string of the molecule is O=C(CNc1ccc(Oc2ccccc2)cc1)NN=Cc1c(Cl)cncc1Cl. The predicted molar refractivity (Wildman–Crippen MR) is 111 cm³/mol. The lowest BCUT2D eigenvalue weighted by Gasteiger charge is -2.08. The van der Waals surface area contributed by atoms with Crippen LogP contribution in [0.2, 0.25) is 10.0 Å². The molecule has 142 valence electrons. The van der Waals surface area contributed by atoms with Gasteiger partial charge in [0, 0.05) is 23.6 Å². The zero-order chi connectivity index (χ0) is 19.8. The molecular weight excluding hydrogens is 399 g/mol. The van der Waals surface area contributed by atoms with Crippen molar-refractivity contribution in [2.45, 2.75) is 0 Å². The molecule has 1 amide bonds. The maximum Gasteiger partial charge on any atom is 0.259 e. The summed E-state index contributed by atoms with van der Waals surface area (Å²) in [7, 11) is 0. The first kappa shape index (κ1) is 19.7. The van der Waals surface area contributed by atoms with Crippen LogP contribution in [0.5, 0.6) is 11.5 Å². The maximum absolute atomic E-state index is 11.9. The number of carbonyl (C=O) groups is 1. The first-order chi connectivity index (χ1) is 13.6. The Bertz CT molecular complexity index is 943. The van der Waals surface area contributed by atoms with Crippen LogP contribution in [0, 0.1) is 0 Å². The predicted octanol–water partition coefficient (Wildman–Crippen LogP) is 4.74. The number of hydrazone groups is 1. The number of para-hydroxylation sites is 1. The Hall–Kier alpha value is -3.09. The summed E-state index contributed by atoms with van der Waals surface area (Å²) in [6, 6.07) is 16.8. The van der Waals surface area contributed by atoms with Gasteiger partial charge in [-0.15, -0.1) is 0 Å². The molecule has 1 aromatic heterocycles. The van der Waals surface area contributed by atoms with Crippen LogP contribution in [0.15, 0.2) is 72.1 Å². The van der Waals surface area contributed by atoms with Crippen LogP contribution in [-0.2, 0) is 4.79 Å². The fraction of sp³-hybridized carbons (Fsp3) is 0.0500. The molecule has 1 heterocycles. The highest BCUT2D eigenvalue weighted by Crippen LogP contribution is 2.22. The molecule has 6 nitrogen and oxygen atoms in total. The highest BCUT2D eigenvalue weighted by atomic mass is 35.5. The second-order valence-electron chi connectivity index (χ2n) is 5.60. The lowest BCUT2D eigenvalue weighted by Crippen LogP contribution is -2.25. The van der Waals surface area contributed by atoms with Gasteiger partial charge in [0.2, 0.25) is 0 Å². The molecule has 2 aromatic carbocycles. The van der Waals surface area contributed by atoms with Crippen molar-refractivity contribution in [3.63, 3.8) is 0 Å². The minimum absolute atomic E-state index is 0.0496. The van der Waals surface area contributed by atoms with Crippen molar-refractivity contribution in [1.29, 1.82) is 0 Å². The molecule has 0 radical (unpaired) electrons. The van der Waals surface area contributed by atoms with Crippen LogP contribution in [-0.4, -0.2) is 23.7 Å². The van der Waals surface area contributed by atoms with E-state index in [9.17, 15) is 4.79 Å². The van der Waals surface area contributed by atoms with E-state index in [0.717, 1.165) is 11.4 Å². The smallest absolute Gasteiger partial charge is 0.259 e. The number of hydrogen-bond acceptors (Lipinski definition) is 5. The number of halogens is 2. The summed E-state index contributed by atoms with van der Waals surface area (Å²) >= 11 is 12.0. The van der Waals surface area contributed by atoms with Gasteiger partial charge < -0.3 is 10.1 Å². The Kier molecular flexibility index (Phi) is 6.84. The van der Waals surface area contributed by atoms with Crippen LogP contribution in [0.1, 0.15) is 5.56 Å². The molecule has 0 atom stereocenters. The number of nitrogens with zero attached hydrogens (tertiary/aromatic N) is 2. The molecule has 8 heteroatoms. The molecule has 3 aromatic rings. The largest absolute Gasteiger partial charge is 0.457 e. The van der Waals surface area contributed by atoms with Crippen molar-refractivity contribution in [2.75, 3.05) is 11.9 Å². The van der Waals surface area contributed by atoms with Gasteiger partial charge in [-0.25, -0.2) is 5.43 Å². The number of pyridine rings is 1. The molecule has 0 bridgehead atoms. The summed E-state index contributed by atoms with van der Waals surface area (Å²) in [6.07, 6.45) is 4.27. The Morgan fingerprint density at radius 2 is 1.64 bits per heavy atom. The summed E-state index contributed by atoms with van der Waals surface area (Å²) in [6.45, 7) is 0.0496. The monoisotopic (exact) mass is 414 g/mol. The molecule has 2 N–H and O–H groups in total. The quantitative estimate of drug-likeness (QED) is 0.432. The third-order valence-electron chi connectivity index (χ3n) is 3.56. The molecular formula is C20H16Cl2N4O2. The van der Waals surface area contributed by atoms with E-state index in [4.69, 9.17) is 27.9 Å². The molecule has 0 aliphatic heterocycles. The van der Waals surface area contributed by atoms with E-state index < -0.39 is 0 Å². The lowest BCUT2D eigenvalue weighted by molar-refractivity contribution is -0.119. The first-order valence-electron chi connectivity index (χ1n) is 8.29. The number of ether oxygens (including phenoxy) is 1. The molecule has 0 fully saturated rings. The van der Waals surface area contributed by atoms with Gasteiger partial charge in [-0.1, -0.05) is 41.4 Å². The highest BCUT2D eigenvalue weighted by molar-refractivity contribution is 6.38. The van der Waals surface area contributed by atoms with Gasteiger partial charge in [0.1, 0.15) is 11.5 Å². The second-order valence-corrected chi connectivity index (χ2v) is 6.42. The molecule has 0 saturated heterocycles. The van der Waals surface area contributed by atoms with E-state index in [0.29, 0.717) is 21.4 Å². The Balaban J connectivity index is 1.47.